The summed E-state index contributed by atoms with van der Waals surface area (Å²) in [6.45, 7) is 0. The Morgan fingerprint density at radius 1 is 1.00 bits per heavy atom. The Bertz CT molecular complexity index is 1250. The van der Waals surface area contributed by atoms with Crippen molar-refractivity contribution < 1.29 is 9.90 Å². The van der Waals surface area contributed by atoms with E-state index in [-0.39, 0.29) is 34.7 Å². The lowest BCUT2D eigenvalue weighted by atomic mass is 10.1. The van der Waals surface area contributed by atoms with Gasteiger partial charge in [0, 0.05) is 17.5 Å². The molecule has 7 heteroatoms. The van der Waals surface area contributed by atoms with Gasteiger partial charge in [0.2, 0.25) is 11.8 Å². The molecule has 0 saturated carbocycles. The molecule has 0 aliphatic rings. The third-order valence-corrected chi connectivity index (χ3v) is 5.47. The fraction of sp³-hybridized carbons (Fsp3) is 0.0870. The highest BCUT2D eigenvalue weighted by molar-refractivity contribution is 7.99. The van der Waals surface area contributed by atoms with Crippen molar-refractivity contribution >= 4 is 34.1 Å². The number of anilines is 1. The molecule has 3 N–H and O–H groups in total. The van der Waals surface area contributed by atoms with Gasteiger partial charge in [-0.2, -0.15) is 4.98 Å². The molecule has 0 spiro atoms. The maximum absolute atomic E-state index is 12.4. The van der Waals surface area contributed by atoms with Gasteiger partial charge in [-0.1, -0.05) is 78.5 Å². The quantitative estimate of drug-likeness (QED) is 0.326. The van der Waals surface area contributed by atoms with E-state index in [0.717, 1.165) is 33.8 Å². The van der Waals surface area contributed by atoms with Crippen LogP contribution in [0.4, 0.5) is 5.69 Å². The maximum Gasteiger partial charge on any atom is 0.258 e. The molecule has 3 aromatic carbocycles. The first-order valence-corrected chi connectivity index (χ1v) is 10.4. The Morgan fingerprint density at radius 2 is 1.73 bits per heavy atom. The average molecular weight is 417 g/mol. The summed E-state index contributed by atoms with van der Waals surface area (Å²) in [5.74, 6) is -0.504. The Hall–Kier alpha value is -3.58. The highest BCUT2D eigenvalue weighted by atomic mass is 32.2. The van der Waals surface area contributed by atoms with Crippen LogP contribution in [0.2, 0.25) is 0 Å². The van der Waals surface area contributed by atoms with E-state index in [4.69, 9.17) is 0 Å². The largest absolute Gasteiger partial charge is 0.493 e. The van der Waals surface area contributed by atoms with Crippen molar-refractivity contribution in [2.24, 2.45) is 0 Å². The number of carbonyl (C=O) groups is 1. The van der Waals surface area contributed by atoms with Gasteiger partial charge in [-0.05, 0) is 17.0 Å². The van der Waals surface area contributed by atoms with Crippen LogP contribution in [0.25, 0.3) is 10.8 Å². The zero-order valence-corrected chi connectivity index (χ0v) is 16.8. The topological polar surface area (TPSA) is 95.1 Å². The van der Waals surface area contributed by atoms with Crippen LogP contribution in [0, 0.1) is 0 Å². The van der Waals surface area contributed by atoms with Crippen LogP contribution in [-0.4, -0.2) is 26.7 Å². The molecule has 0 aliphatic heterocycles. The third kappa shape index (κ3) is 4.52. The number of hydrogen-bond donors (Lipinski definition) is 3. The summed E-state index contributed by atoms with van der Waals surface area (Å²) in [6, 6.07) is 22.9. The van der Waals surface area contributed by atoms with Crippen molar-refractivity contribution in [3.63, 3.8) is 0 Å². The lowest BCUT2D eigenvalue weighted by Gasteiger charge is -2.09. The van der Waals surface area contributed by atoms with Gasteiger partial charge in [-0.15, -0.1) is 0 Å². The summed E-state index contributed by atoms with van der Waals surface area (Å²) in [5.41, 5.74) is 1.41. The molecule has 6 nitrogen and oxygen atoms in total. The second-order valence-corrected chi connectivity index (χ2v) is 7.66. The van der Waals surface area contributed by atoms with Gasteiger partial charge < -0.3 is 15.4 Å². The molecule has 1 amide bonds. The summed E-state index contributed by atoms with van der Waals surface area (Å²) in [4.78, 5) is 31.5. The molecule has 4 rings (SSSR count). The predicted octanol–water partition coefficient (Wildman–Crippen LogP) is 3.95. The van der Waals surface area contributed by atoms with Gasteiger partial charge in [0.25, 0.3) is 5.56 Å². The van der Waals surface area contributed by atoms with Crippen molar-refractivity contribution in [1.82, 2.24) is 9.97 Å². The summed E-state index contributed by atoms with van der Waals surface area (Å²) < 4.78 is 0. The van der Waals surface area contributed by atoms with Crippen molar-refractivity contribution in [3.8, 4) is 5.88 Å². The minimum atomic E-state index is -0.414. The number of nitrogens with one attached hydrogen (secondary N) is 2. The number of carbonyl (C=O) groups excluding carboxylic acids is 1. The van der Waals surface area contributed by atoms with E-state index in [9.17, 15) is 14.7 Å². The second-order valence-electron chi connectivity index (χ2n) is 6.70. The highest BCUT2D eigenvalue weighted by Gasteiger charge is 2.13. The molecule has 0 bridgehead atoms. The summed E-state index contributed by atoms with van der Waals surface area (Å²) in [5, 5.41) is 15.3. The molecule has 0 radical (unpaired) electrons. The number of hydrogen-bond acceptors (Lipinski definition) is 5. The molecule has 0 atom stereocenters. The van der Waals surface area contributed by atoms with Crippen molar-refractivity contribution in [3.05, 3.63) is 94.3 Å². The van der Waals surface area contributed by atoms with Crippen molar-refractivity contribution in [1.29, 1.82) is 0 Å². The Morgan fingerprint density at radius 3 is 2.53 bits per heavy atom. The lowest BCUT2D eigenvalue weighted by Crippen LogP contribution is -2.17. The smallest absolute Gasteiger partial charge is 0.258 e. The Balaban J connectivity index is 1.43. The highest BCUT2D eigenvalue weighted by Crippen LogP contribution is 2.24. The van der Waals surface area contributed by atoms with Gasteiger partial charge in [-0.3, -0.25) is 9.59 Å². The van der Waals surface area contributed by atoms with E-state index in [1.165, 1.54) is 0 Å². The van der Waals surface area contributed by atoms with E-state index in [0.29, 0.717) is 0 Å². The van der Waals surface area contributed by atoms with Crippen LogP contribution in [0.3, 0.4) is 0 Å². The molecule has 0 aliphatic carbocycles. The van der Waals surface area contributed by atoms with Gasteiger partial charge >= 0.3 is 0 Å². The summed E-state index contributed by atoms with van der Waals surface area (Å²) >= 11 is 1.06. The average Bonchev–Trinajstić information content (AvgIpc) is 2.76. The van der Waals surface area contributed by atoms with Crippen LogP contribution < -0.4 is 10.9 Å². The van der Waals surface area contributed by atoms with Crippen LogP contribution in [-0.2, 0) is 11.2 Å². The van der Waals surface area contributed by atoms with Crippen LogP contribution in [0.15, 0.2) is 82.7 Å². The number of fused-ring (bicyclic) bond motifs is 1. The molecule has 4 aromatic rings. The number of rotatable bonds is 6. The van der Waals surface area contributed by atoms with Gasteiger partial charge in [0.1, 0.15) is 0 Å². The second kappa shape index (κ2) is 8.84. The van der Waals surface area contributed by atoms with Crippen LogP contribution in [0.1, 0.15) is 11.1 Å². The van der Waals surface area contributed by atoms with E-state index < -0.39 is 5.56 Å². The van der Waals surface area contributed by atoms with E-state index in [1.54, 1.807) is 0 Å². The van der Waals surface area contributed by atoms with Crippen molar-refractivity contribution in [2.75, 3.05) is 11.1 Å². The molecule has 0 saturated heterocycles. The first kappa shape index (κ1) is 19.7. The maximum atomic E-state index is 12.4. The first-order valence-electron chi connectivity index (χ1n) is 9.36. The van der Waals surface area contributed by atoms with Gasteiger partial charge in [0.05, 0.1) is 11.3 Å². The number of amides is 1. The minimum Gasteiger partial charge on any atom is -0.493 e. The number of H-pyrrole nitrogens is 1. The molecule has 1 heterocycles. The van der Waals surface area contributed by atoms with Gasteiger partial charge in [-0.25, -0.2) is 0 Å². The monoisotopic (exact) mass is 417 g/mol. The summed E-state index contributed by atoms with van der Waals surface area (Å²) in [6.07, 6.45) is 0.279. The fourth-order valence-corrected chi connectivity index (χ4v) is 3.80. The van der Waals surface area contributed by atoms with Gasteiger partial charge in [0.15, 0.2) is 5.16 Å². The SMILES string of the molecule is O=C(CSc1nc(O)c(Cc2ccccc2)c(=O)[nH]1)Nc1cccc2ccccc12. The van der Waals surface area contributed by atoms with E-state index in [2.05, 4.69) is 15.3 Å². The number of aromatic nitrogens is 2. The molecule has 0 fully saturated rings. The zero-order chi connectivity index (χ0) is 20.9. The van der Waals surface area contributed by atoms with E-state index in [1.807, 2.05) is 72.8 Å². The number of aromatic hydroxyl groups is 1. The van der Waals surface area contributed by atoms with Crippen LogP contribution >= 0.6 is 11.8 Å². The number of benzene rings is 3. The standard InChI is InChI=1S/C23H19N3O3S/c27-20(24-19-12-6-10-16-9-4-5-11-17(16)19)14-30-23-25-21(28)18(22(29)26-23)13-15-7-2-1-3-8-15/h1-12H,13-14H2,(H,24,27)(H2,25,26,28,29). The first-order chi connectivity index (χ1) is 14.6. The molecule has 150 valence electrons. The molecule has 0 unspecified atom stereocenters. The fourth-order valence-electron chi connectivity index (χ4n) is 3.15. The van der Waals surface area contributed by atoms with Crippen LogP contribution in [0.5, 0.6) is 5.88 Å². The molecule has 30 heavy (non-hydrogen) atoms. The lowest BCUT2D eigenvalue weighted by molar-refractivity contribution is -0.113. The number of nitrogens with zero attached hydrogens (tertiary/aromatic N) is 1. The Kier molecular flexibility index (Phi) is 5.81. The molecule has 1 aromatic heterocycles. The zero-order valence-electron chi connectivity index (χ0n) is 16.0. The molecular formula is C23H19N3O3S. The summed E-state index contributed by atoms with van der Waals surface area (Å²) in [7, 11) is 0. The van der Waals surface area contributed by atoms with E-state index >= 15 is 0 Å². The third-order valence-electron chi connectivity index (χ3n) is 4.60. The number of thioether (sulfide) groups is 1. The minimum absolute atomic E-state index is 0.0453. The van der Waals surface area contributed by atoms with Crippen molar-refractivity contribution in [2.45, 2.75) is 11.6 Å². The normalized spacial score (nSPS) is 10.8. The number of aromatic amines is 1. The predicted molar refractivity (Wildman–Crippen MR) is 119 cm³/mol. The molecular weight excluding hydrogens is 398 g/mol. The Labute approximate surface area is 177 Å².